The Morgan fingerprint density at radius 1 is 1.37 bits per heavy atom. The zero-order valence-corrected chi connectivity index (χ0v) is 11.5. The quantitative estimate of drug-likeness (QED) is 0.776. The molecule has 0 saturated heterocycles. The molecule has 1 aliphatic rings. The van der Waals surface area contributed by atoms with Crippen LogP contribution >= 0.6 is 0 Å². The van der Waals surface area contributed by atoms with Gasteiger partial charge in [0.2, 0.25) is 5.91 Å². The molecule has 104 valence electrons. The van der Waals surface area contributed by atoms with Crippen LogP contribution in [-0.4, -0.2) is 44.6 Å². The molecule has 0 atom stereocenters. The molecule has 1 heterocycles. The number of fused-ring (bicyclic) bond motifs is 1. The van der Waals surface area contributed by atoms with Crippen molar-refractivity contribution in [2.45, 2.75) is 12.8 Å². The second-order valence-corrected chi connectivity index (χ2v) is 4.81. The zero-order valence-electron chi connectivity index (χ0n) is 11.5. The van der Waals surface area contributed by atoms with Crippen molar-refractivity contribution in [3.8, 4) is 5.75 Å². The van der Waals surface area contributed by atoms with Crippen LogP contribution in [0.5, 0.6) is 5.75 Å². The molecule has 1 aromatic carbocycles. The summed E-state index contributed by atoms with van der Waals surface area (Å²) >= 11 is 0. The lowest BCUT2D eigenvalue weighted by Gasteiger charge is -2.18. The van der Waals surface area contributed by atoms with Crippen molar-refractivity contribution in [1.82, 2.24) is 10.2 Å². The van der Waals surface area contributed by atoms with Crippen molar-refractivity contribution >= 4 is 11.6 Å². The standard InChI is InChI=1S/C14H21N3O2/c1-16-14(18)9-17-5-3-10-7-12(15)13(19-2)8-11(10)4-6-17/h7-8H,3-6,9,15H2,1-2H3,(H,16,18). The fraction of sp³-hybridized carbons (Fsp3) is 0.500. The first-order chi connectivity index (χ1) is 9.13. The number of nitrogens with zero attached hydrogens (tertiary/aromatic N) is 1. The van der Waals surface area contributed by atoms with Gasteiger partial charge >= 0.3 is 0 Å². The number of nitrogen functional groups attached to an aromatic ring is 1. The van der Waals surface area contributed by atoms with E-state index < -0.39 is 0 Å². The van der Waals surface area contributed by atoms with E-state index in [1.165, 1.54) is 11.1 Å². The molecule has 0 aromatic heterocycles. The number of hydrogen-bond donors (Lipinski definition) is 2. The SMILES string of the molecule is CNC(=O)CN1CCc2cc(N)c(OC)cc2CC1. The number of carbonyl (C=O) groups excluding carboxylic acids is 1. The third-order valence-electron chi connectivity index (χ3n) is 3.59. The highest BCUT2D eigenvalue weighted by Crippen LogP contribution is 2.28. The smallest absolute Gasteiger partial charge is 0.233 e. The van der Waals surface area contributed by atoms with Crippen LogP contribution in [0.3, 0.4) is 0 Å². The molecule has 0 bridgehead atoms. The second kappa shape index (κ2) is 5.93. The monoisotopic (exact) mass is 263 g/mol. The molecule has 19 heavy (non-hydrogen) atoms. The van der Waals surface area contributed by atoms with E-state index in [1.807, 2.05) is 12.1 Å². The van der Waals surface area contributed by atoms with Gasteiger partial charge in [0.05, 0.1) is 19.3 Å². The van der Waals surface area contributed by atoms with Crippen molar-refractivity contribution in [3.63, 3.8) is 0 Å². The number of methoxy groups -OCH3 is 1. The molecule has 0 saturated carbocycles. The maximum absolute atomic E-state index is 11.4. The Hall–Kier alpha value is -1.75. The van der Waals surface area contributed by atoms with Gasteiger partial charge in [-0.05, 0) is 36.1 Å². The number of carbonyl (C=O) groups is 1. The fourth-order valence-corrected chi connectivity index (χ4v) is 2.44. The Labute approximate surface area is 113 Å². The fourth-order valence-electron chi connectivity index (χ4n) is 2.44. The maximum atomic E-state index is 11.4. The van der Waals surface area contributed by atoms with E-state index in [4.69, 9.17) is 10.5 Å². The topological polar surface area (TPSA) is 67.6 Å². The molecule has 1 aliphatic heterocycles. The molecular formula is C14H21N3O2. The summed E-state index contributed by atoms with van der Waals surface area (Å²) in [4.78, 5) is 13.6. The van der Waals surface area contributed by atoms with Crippen LogP contribution < -0.4 is 15.8 Å². The van der Waals surface area contributed by atoms with Crippen molar-refractivity contribution in [2.24, 2.45) is 0 Å². The van der Waals surface area contributed by atoms with E-state index in [1.54, 1.807) is 14.2 Å². The average molecular weight is 263 g/mol. The van der Waals surface area contributed by atoms with Gasteiger partial charge in [-0.25, -0.2) is 0 Å². The largest absolute Gasteiger partial charge is 0.495 e. The highest BCUT2D eigenvalue weighted by molar-refractivity contribution is 5.77. The van der Waals surface area contributed by atoms with Gasteiger partial charge in [-0.1, -0.05) is 0 Å². The third kappa shape index (κ3) is 3.17. The average Bonchev–Trinajstić information content (AvgIpc) is 2.60. The summed E-state index contributed by atoms with van der Waals surface area (Å²) in [6.07, 6.45) is 1.84. The highest BCUT2D eigenvalue weighted by atomic mass is 16.5. The minimum absolute atomic E-state index is 0.0584. The summed E-state index contributed by atoms with van der Waals surface area (Å²) in [6.45, 7) is 2.22. The number of rotatable bonds is 3. The lowest BCUT2D eigenvalue weighted by atomic mass is 10.0. The van der Waals surface area contributed by atoms with E-state index in [0.717, 1.165) is 31.7 Å². The molecule has 0 radical (unpaired) electrons. The van der Waals surface area contributed by atoms with Crippen LogP contribution in [0.1, 0.15) is 11.1 Å². The maximum Gasteiger partial charge on any atom is 0.233 e. The van der Waals surface area contributed by atoms with Crippen LogP contribution in [0.15, 0.2) is 12.1 Å². The first kappa shape index (κ1) is 13.7. The van der Waals surface area contributed by atoms with Crippen LogP contribution in [0.2, 0.25) is 0 Å². The number of amides is 1. The van der Waals surface area contributed by atoms with Gasteiger partial charge in [0, 0.05) is 20.1 Å². The van der Waals surface area contributed by atoms with Gasteiger partial charge in [-0.2, -0.15) is 0 Å². The molecule has 2 rings (SSSR count). The number of anilines is 1. The Morgan fingerprint density at radius 3 is 2.58 bits per heavy atom. The summed E-state index contributed by atoms with van der Waals surface area (Å²) in [6, 6.07) is 4.02. The highest BCUT2D eigenvalue weighted by Gasteiger charge is 2.17. The van der Waals surface area contributed by atoms with Crippen LogP contribution in [0.4, 0.5) is 5.69 Å². The molecule has 1 amide bonds. The van der Waals surface area contributed by atoms with Gasteiger partial charge in [0.1, 0.15) is 5.75 Å². The van der Waals surface area contributed by atoms with Crippen LogP contribution in [0.25, 0.3) is 0 Å². The Bertz CT molecular complexity index is 474. The van der Waals surface area contributed by atoms with E-state index in [9.17, 15) is 4.79 Å². The van der Waals surface area contributed by atoms with Crippen LogP contribution in [-0.2, 0) is 17.6 Å². The van der Waals surface area contributed by atoms with E-state index >= 15 is 0 Å². The van der Waals surface area contributed by atoms with Gasteiger partial charge in [0.15, 0.2) is 0 Å². The summed E-state index contributed by atoms with van der Waals surface area (Å²) < 4.78 is 5.26. The van der Waals surface area contributed by atoms with Gasteiger partial charge in [0.25, 0.3) is 0 Å². The first-order valence-corrected chi connectivity index (χ1v) is 6.52. The predicted molar refractivity (Wildman–Crippen MR) is 75.3 cm³/mol. The van der Waals surface area contributed by atoms with E-state index in [0.29, 0.717) is 12.2 Å². The molecule has 0 aliphatic carbocycles. The van der Waals surface area contributed by atoms with Gasteiger partial charge < -0.3 is 15.8 Å². The molecule has 0 unspecified atom stereocenters. The second-order valence-electron chi connectivity index (χ2n) is 4.81. The lowest BCUT2D eigenvalue weighted by molar-refractivity contribution is -0.121. The van der Waals surface area contributed by atoms with Crippen LogP contribution in [0, 0.1) is 0 Å². The number of nitrogens with two attached hydrogens (primary N) is 1. The molecule has 0 fully saturated rings. The van der Waals surface area contributed by atoms with Crippen molar-refractivity contribution < 1.29 is 9.53 Å². The summed E-state index contributed by atoms with van der Waals surface area (Å²) in [7, 11) is 3.30. The Morgan fingerprint density at radius 2 is 2.00 bits per heavy atom. The van der Waals surface area contributed by atoms with Gasteiger partial charge in [-0.3, -0.25) is 9.69 Å². The van der Waals surface area contributed by atoms with E-state index in [-0.39, 0.29) is 5.91 Å². The van der Waals surface area contributed by atoms with E-state index in [2.05, 4.69) is 10.2 Å². The first-order valence-electron chi connectivity index (χ1n) is 6.52. The third-order valence-corrected chi connectivity index (χ3v) is 3.59. The zero-order chi connectivity index (χ0) is 13.8. The molecule has 5 nitrogen and oxygen atoms in total. The number of hydrogen-bond acceptors (Lipinski definition) is 4. The molecule has 0 spiro atoms. The predicted octanol–water partition coefficient (Wildman–Crippen LogP) is 0.424. The van der Waals surface area contributed by atoms with Crippen molar-refractivity contribution in [3.05, 3.63) is 23.3 Å². The molecule has 1 aromatic rings. The minimum Gasteiger partial charge on any atom is -0.495 e. The normalized spacial score (nSPS) is 15.5. The number of likely N-dealkylation sites (N-methyl/N-ethyl adjacent to an activating group) is 1. The summed E-state index contributed by atoms with van der Waals surface area (Å²) in [5, 5.41) is 2.66. The Kier molecular flexibility index (Phi) is 4.27. The number of benzene rings is 1. The molecular weight excluding hydrogens is 242 g/mol. The molecule has 3 N–H and O–H groups in total. The number of ether oxygens (including phenoxy) is 1. The summed E-state index contributed by atoms with van der Waals surface area (Å²) in [5.74, 6) is 0.793. The number of nitrogens with one attached hydrogen (secondary N) is 1. The minimum atomic E-state index is 0.0584. The Balaban J connectivity index is 2.11. The van der Waals surface area contributed by atoms with Gasteiger partial charge in [-0.15, -0.1) is 0 Å². The summed E-state index contributed by atoms with van der Waals surface area (Å²) in [5.41, 5.74) is 9.15. The van der Waals surface area contributed by atoms with Crippen molar-refractivity contribution in [2.75, 3.05) is 39.5 Å². The van der Waals surface area contributed by atoms with Crippen molar-refractivity contribution in [1.29, 1.82) is 0 Å². The molecule has 5 heteroatoms. The lowest BCUT2D eigenvalue weighted by Crippen LogP contribution is -2.37.